The Morgan fingerprint density at radius 1 is 1.33 bits per heavy atom. The summed E-state index contributed by atoms with van der Waals surface area (Å²) in [5.74, 6) is 0.207. The fraction of sp³-hybridized carbons (Fsp3) is 0.333. The van der Waals surface area contributed by atoms with Crippen LogP contribution in [0, 0.1) is 12.7 Å². The largest absolute Gasteiger partial charge is 0.376 e. The molecule has 2 heterocycles. The van der Waals surface area contributed by atoms with E-state index < -0.39 is 0 Å². The summed E-state index contributed by atoms with van der Waals surface area (Å²) in [5, 5.41) is 5.69. The number of benzene rings is 1. The van der Waals surface area contributed by atoms with Crippen molar-refractivity contribution in [1.82, 2.24) is 10.3 Å². The SMILES string of the molecule is Cc1cccnc1NC(=O)NC(c1ccc(F)cc1)C1CCCO1. The number of carbonyl (C=O) groups excluding carboxylic acids is 1. The van der Waals surface area contributed by atoms with Crippen molar-refractivity contribution in [3.8, 4) is 0 Å². The maximum atomic E-state index is 13.2. The fourth-order valence-corrected chi connectivity index (χ4v) is 2.83. The maximum absolute atomic E-state index is 13.2. The molecule has 0 saturated carbocycles. The predicted octanol–water partition coefficient (Wildman–Crippen LogP) is 3.57. The molecule has 0 radical (unpaired) electrons. The normalized spacial score (nSPS) is 18.2. The van der Waals surface area contributed by atoms with Gasteiger partial charge in [-0.3, -0.25) is 5.32 Å². The average Bonchev–Trinajstić information content (AvgIpc) is 3.10. The van der Waals surface area contributed by atoms with E-state index in [1.807, 2.05) is 19.1 Å². The summed E-state index contributed by atoms with van der Waals surface area (Å²) in [6.45, 7) is 2.55. The Morgan fingerprint density at radius 2 is 2.12 bits per heavy atom. The number of anilines is 1. The van der Waals surface area contributed by atoms with E-state index in [0.717, 1.165) is 24.0 Å². The molecule has 1 aromatic heterocycles. The minimum atomic E-state index is -0.360. The van der Waals surface area contributed by atoms with Gasteiger partial charge in [0.1, 0.15) is 11.6 Å². The summed E-state index contributed by atoms with van der Waals surface area (Å²) in [5.41, 5.74) is 1.69. The highest BCUT2D eigenvalue weighted by Crippen LogP contribution is 2.27. The van der Waals surface area contributed by atoms with E-state index in [9.17, 15) is 9.18 Å². The monoisotopic (exact) mass is 329 g/mol. The van der Waals surface area contributed by atoms with Gasteiger partial charge in [0.15, 0.2) is 0 Å². The topological polar surface area (TPSA) is 63.2 Å². The van der Waals surface area contributed by atoms with E-state index in [0.29, 0.717) is 12.4 Å². The first-order valence-corrected chi connectivity index (χ1v) is 7.99. The molecule has 5 nitrogen and oxygen atoms in total. The van der Waals surface area contributed by atoms with Crippen molar-refractivity contribution in [1.29, 1.82) is 0 Å². The molecule has 0 spiro atoms. The van der Waals surface area contributed by atoms with Gasteiger partial charge in [0.05, 0.1) is 12.1 Å². The van der Waals surface area contributed by atoms with Crippen LogP contribution in [0.2, 0.25) is 0 Å². The van der Waals surface area contributed by atoms with Gasteiger partial charge >= 0.3 is 6.03 Å². The number of hydrogen-bond donors (Lipinski definition) is 2. The summed E-state index contributed by atoms with van der Waals surface area (Å²) in [6, 6.07) is 9.12. The Morgan fingerprint density at radius 3 is 2.79 bits per heavy atom. The zero-order valence-corrected chi connectivity index (χ0v) is 13.5. The number of hydrogen-bond acceptors (Lipinski definition) is 3. The predicted molar refractivity (Wildman–Crippen MR) is 89.2 cm³/mol. The maximum Gasteiger partial charge on any atom is 0.320 e. The van der Waals surface area contributed by atoms with Crippen LogP contribution in [0.1, 0.15) is 30.0 Å². The molecule has 2 amide bonds. The molecule has 1 fully saturated rings. The highest BCUT2D eigenvalue weighted by Gasteiger charge is 2.29. The highest BCUT2D eigenvalue weighted by molar-refractivity contribution is 5.89. The van der Waals surface area contributed by atoms with E-state index in [1.165, 1.54) is 12.1 Å². The minimum absolute atomic E-state index is 0.119. The number of rotatable bonds is 4. The molecule has 24 heavy (non-hydrogen) atoms. The van der Waals surface area contributed by atoms with Crippen molar-refractivity contribution >= 4 is 11.8 Å². The summed E-state index contributed by atoms with van der Waals surface area (Å²) in [6.07, 6.45) is 3.31. The van der Waals surface area contributed by atoms with Crippen LogP contribution in [-0.4, -0.2) is 23.7 Å². The molecule has 1 aliphatic heterocycles. The van der Waals surface area contributed by atoms with Crippen molar-refractivity contribution in [2.75, 3.05) is 11.9 Å². The zero-order valence-electron chi connectivity index (χ0n) is 13.5. The second-order valence-corrected chi connectivity index (χ2v) is 5.85. The number of nitrogens with one attached hydrogen (secondary N) is 2. The van der Waals surface area contributed by atoms with Crippen LogP contribution in [0.5, 0.6) is 0 Å². The number of aryl methyl sites for hydroxylation is 1. The Balaban J connectivity index is 1.75. The van der Waals surface area contributed by atoms with Crippen LogP contribution in [0.15, 0.2) is 42.6 Å². The van der Waals surface area contributed by atoms with E-state index in [2.05, 4.69) is 15.6 Å². The van der Waals surface area contributed by atoms with Crippen LogP contribution in [0.4, 0.5) is 15.0 Å². The van der Waals surface area contributed by atoms with E-state index in [-0.39, 0.29) is 24.0 Å². The molecule has 126 valence electrons. The molecule has 3 rings (SSSR count). The fourth-order valence-electron chi connectivity index (χ4n) is 2.83. The lowest BCUT2D eigenvalue weighted by molar-refractivity contribution is 0.0815. The van der Waals surface area contributed by atoms with Gasteiger partial charge in [-0.1, -0.05) is 18.2 Å². The molecule has 0 bridgehead atoms. The first-order valence-electron chi connectivity index (χ1n) is 7.99. The van der Waals surface area contributed by atoms with Crippen molar-refractivity contribution in [2.24, 2.45) is 0 Å². The van der Waals surface area contributed by atoms with Crippen molar-refractivity contribution in [3.05, 3.63) is 59.5 Å². The Kier molecular flexibility index (Phi) is 5.05. The van der Waals surface area contributed by atoms with Gasteiger partial charge in [-0.2, -0.15) is 0 Å². The van der Waals surface area contributed by atoms with Crippen LogP contribution in [-0.2, 0) is 4.74 Å². The lowest BCUT2D eigenvalue weighted by Crippen LogP contribution is -2.39. The van der Waals surface area contributed by atoms with Crippen LogP contribution >= 0.6 is 0 Å². The van der Waals surface area contributed by atoms with Crippen LogP contribution in [0.25, 0.3) is 0 Å². The first kappa shape index (κ1) is 16.4. The second-order valence-electron chi connectivity index (χ2n) is 5.85. The number of ether oxygens (including phenoxy) is 1. The van der Waals surface area contributed by atoms with Gasteiger partial charge in [0.25, 0.3) is 0 Å². The third-order valence-electron chi connectivity index (χ3n) is 4.09. The summed E-state index contributed by atoms with van der Waals surface area (Å²) >= 11 is 0. The van der Waals surface area contributed by atoms with Gasteiger partial charge in [-0.25, -0.2) is 14.2 Å². The third kappa shape index (κ3) is 3.89. The lowest BCUT2D eigenvalue weighted by atomic mass is 9.99. The molecule has 1 saturated heterocycles. The van der Waals surface area contributed by atoms with Crippen LogP contribution < -0.4 is 10.6 Å². The molecular formula is C18H20FN3O2. The van der Waals surface area contributed by atoms with Crippen molar-refractivity contribution in [3.63, 3.8) is 0 Å². The number of amides is 2. The van der Waals surface area contributed by atoms with Gasteiger partial charge in [0.2, 0.25) is 0 Å². The Bertz CT molecular complexity index is 700. The molecule has 1 aromatic carbocycles. The van der Waals surface area contributed by atoms with E-state index in [1.54, 1.807) is 18.3 Å². The van der Waals surface area contributed by atoms with E-state index >= 15 is 0 Å². The Hall–Kier alpha value is -2.47. The molecule has 0 aliphatic carbocycles. The average molecular weight is 329 g/mol. The quantitative estimate of drug-likeness (QED) is 0.901. The number of urea groups is 1. The number of pyridine rings is 1. The van der Waals surface area contributed by atoms with Crippen LogP contribution in [0.3, 0.4) is 0 Å². The van der Waals surface area contributed by atoms with Crippen molar-refractivity contribution in [2.45, 2.75) is 31.9 Å². The molecule has 2 N–H and O–H groups in total. The minimum Gasteiger partial charge on any atom is -0.376 e. The van der Waals surface area contributed by atoms with Gasteiger partial charge in [0, 0.05) is 12.8 Å². The molecule has 1 aliphatic rings. The molecule has 2 unspecified atom stereocenters. The number of carbonyl (C=O) groups is 1. The number of nitrogens with zero attached hydrogens (tertiary/aromatic N) is 1. The third-order valence-corrected chi connectivity index (χ3v) is 4.09. The molecular weight excluding hydrogens is 309 g/mol. The van der Waals surface area contributed by atoms with Gasteiger partial charge < -0.3 is 10.1 Å². The first-order chi connectivity index (χ1) is 11.6. The molecule has 2 atom stereocenters. The van der Waals surface area contributed by atoms with Gasteiger partial charge in [-0.15, -0.1) is 0 Å². The van der Waals surface area contributed by atoms with Gasteiger partial charge in [-0.05, 0) is 49.1 Å². The zero-order chi connectivity index (χ0) is 16.9. The number of aromatic nitrogens is 1. The van der Waals surface area contributed by atoms with Crippen molar-refractivity contribution < 1.29 is 13.9 Å². The smallest absolute Gasteiger partial charge is 0.320 e. The Labute approximate surface area is 140 Å². The standard InChI is InChI=1S/C18H20FN3O2/c1-12-4-2-10-20-17(12)22-18(23)21-16(15-5-3-11-24-15)13-6-8-14(19)9-7-13/h2,4,6-10,15-16H,3,5,11H2,1H3,(H2,20,21,22,23). The highest BCUT2D eigenvalue weighted by atomic mass is 19.1. The summed E-state index contributed by atoms with van der Waals surface area (Å²) in [4.78, 5) is 16.5. The summed E-state index contributed by atoms with van der Waals surface area (Å²) in [7, 11) is 0. The second kappa shape index (κ2) is 7.40. The molecule has 6 heteroatoms. The summed E-state index contributed by atoms with van der Waals surface area (Å²) < 4.78 is 18.9. The number of halogens is 1. The molecule has 2 aromatic rings. The lowest BCUT2D eigenvalue weighted by Gasteiger charge is -2.25. The van der Waals surface area contributed by atoms with E-state index in [4.69, 9.17) is 4.74 Å².